The van der Waals surface area contributed by atoms with Crippen molar-refractivity contribution < 1.29 is 0 Å². The molecule has 0 spiro atoms. The molecule has 1 nitrogen and oxygen atoms in total. The molecule has 1 unspecified atom stereocenters. The summed E-state index contributed by atoms with van der Waals surface area (Å²) in [5.41, 5.74) is 1.23. The summed E-state index contributed by atoms with van der Waals surface area (Å²) in [6.07, 6.45) is 1.17. The molecule has 1 N–H and O–H groups in total. The molecule has 1 atom stereocenters. The fourth-order valence-electron chi connectivity index (χ4n) is 1.50. The van der Waals surface area contributed by atoms with Crippen LogP contribution in [-0.2, 0) is 0 Å². The first-order valence-corrected chi connectivity index (χ1v) is 6.23. The second-order valence-electron chi connectivity index (χ2n) is 3.91. The first-order chi connectivity index (χ1) is 6.63. The van der Waals surface area contributed by atoms with Crippen molar-refractivity contribution in [1.29, 1.82) is 0 Å². The zero-order valence-corrected chi connectivity index (χ0v) is 11.2. The largest absolute Gasteiger partial charge is 0.382 e. The quantitative estimate of drug-likeness (QED) is 0.824. The molecule has 1 rings (SSSR count). The average molecular weight is 303 g/mol. The van der Waals surface area contributed by atoms with Gasteiger partial charge in [-0.05, 0) is 59.2 Å². The summed E-state index contributed by atoms with van der Waals surface area (Å²) in [6, 6.07) is 9.14. The van der Waals surface area contributed by atoms with Crippen molar-refractivity contribution >= 4 is 28.3 Å². The smallest absolute Gasteiger partial charge is 0.0343 e. The van der Waals surface area contributed by atoms with Gasteiger partial charge in [0.2, 0.25) is 0 Å². The minimum Gasteiger partial charge on any atom is -0.382 e. The number of anilines is 1. The van der Waals surface area contributed by atoms with Gasteiger partial charge in [-0.25, -0.2) is 0 Å². The molecule has 0 aromatic heterocycles. The first-order valence-electron chi connectivity index (χ1n) is 5.15. The van der Waals surface area contributed by atoms with Crippen molar-refractivity contribution in [2.45, 2.75) is 33.2 Å². The number of nitrogens with one attached hydrogen (secondary N) is 1. The van der Waals surface area contributed by atoms with Crippen LogP contribution in [0.3, 0.4) is 0 Å². The molecular weight excluding hydrogens is 285 g/mol. The van der Waals surface area contributed by atoms with Crippen LogP contribution in [0.2, 0.25) is 0 Å². The number of halogens is 1. The van der Waals surface area contributed by atoms with Crippen LogP contribution in [0, 0.1) is 9.49 Å². The van der Waals surface area contributed by atoms with E-state index in [9.17, 15) is 0 Å². The van der Waals surface area contributed by atoms with E-state index in [4.69, 9.17) is 0 Å². The van der Waals surface area contributed by atoms with Gasteiger partial charge in [0.1, 0.15) is 0 Å². The monoisotopic (exact) mass is 303 g/mol. The summed E-state index contributed by atoms with van der Waals surface area (Å²) >= 11 is 2.33. The third-order valence-corrected chi connectivity index (χ3v) is 3.16. The summed E-state index contributed by atoms with van der Waals surface area (Å²) in [5, 5.41) is 3.55. The van der Waals surface area contributed by atoms with Gasteiger partial charge in [-0.15, -0.1) is 0 Å². The SMILES string of the molecule is CCC(Nc1ccc(I)cc1)C(C)C. The van der Waals surface area contributed by atoms with Crippen molar-refractivity contribution in [3.63, 3.8) is 0 Å². The van der Waals surface area contributed by atoms with Gasteiger partial charge in [0, 0.05) is 15.3 Å². The lowest BCUT2D eigenvalue weighted by Crippen LogP contribution is -2.24. The predicted molar refractivity (Wildman–Crippen MR) is 71.7 cm³/mol. The predicted octanol–water partition coefficient (Wildman–Crippen LogP) is 4.14. The molecule has 0 fully saturated rings. The summed E-state index contributed by atoms with van der Waals surface area (Å²) in [6.45, 7) is 6.74. The van der Waals surface area contributed by atoms with E-state index in [0.29, 0.717) is 12.0 Å². The zero-order valence-electron chi connectivity index (χ0n) is 9.05. The van der Waals surface area contributed by atoms with Crippen LogP contribution in [-0.4, -0.2) is 6.04 Å². The van der Waals surface area contributed by atoms with E-state index in [-0.39, 0.29) is 0 Å². The molecule has 0 radical (unpaired) electrons. The highest BCUT2D eigenvalue weighted by Gasteiger charge is 2.09. The highest BCUT2D eigenvalue weighted by atomic mass is 127. The normalized spacial score (nSPS) is 12.9. The van der Waals surface area contributed by atoms with E-state index < -0.39 is 0 Å². The molecule has 0 aliphatic rings. The maximum atomic E-state index is 3.55. The lowest BCUT2D eigenvalue weighted by Gasteiger charge is -2.21. The molecule has 14 heavy (non-hydrogen) atoms. The Morgan fingerprint density at radius 1 is 1.21 bits per heavy atom. The van der Waals surface area contributed by atoms with E-state index in [1.165, 1.54) is 15.7 Å². The minimum atomic E-state index is 0.579. The molecule has 0 amide bonds. The third kappa shape index (κ3) is 3.48. The Balaban J connectivity index is 2.63. The number of benzene rings is 1. The lowest BCUT2D eigenvalue weighted by molar-refractivity contribution is 0.511. The summed E-state index contributed by atoms with van der Waals surface area (Å²) < 4.78 is 1.28. The zero-order chi connectivity index (χ0) is 10.6. The Bertz CT molecular complexity index is 266. The Labute approximate surface area is 100 Å². The summed E-state index contributed by atoms with van der Waals surface area (Å²) in [7, 11) is 0. The van der Waals surface area contributed by atoms with Gasteiger partial charge < -0.3 is 5.32 Å². The molecule has 0 saturated heterocycles. The van der Waals surface area contributed by atoms with Crippen molar-refractivity contribution in [3.05, 3.63) is 27.8 Å². The summed E-state index contributed by atoms with van der Waals surface area (Å²) in [4.78, 5) is 0. The average Bonchev–Trinajstić information content (AvgIpc) is 2.16. The van der Waals surface area contributed by atoms with E-state index in [1.807, 2.05) is 0 Å². The van der Waals surface area contributed by atoms with Gasteiger partial charge >= 0.3 is 0 Å². The van der Waals surface area contributed by atoms with Crippen molar-refractivity contribution in [2.75, 3.05) is 5.32 Å². The molecule has 78 valence electrons. The van der Waals surface area contributed by atoms with E-state index in [1.54, 1.807) is 0 Å². The van der Waals surface area contributed by atoms with E-state index in [2.05, 4.69) is 72.9 Å². The van der Waals surface area contributed by atoms with Crippen LogP contribution in [0.4, 0.5) is 5.69 Å². The topological polar surface area (TPSA) is 12.0 Å². The highest BCUT2D eigenvalue weighted by molar-refractivity contribution is 14.1. The number of hydrogen-bond donors (Lipinski definition) is 1. The van der Waals surface area contributed by atoms with E-state index in [0.717, 1.165) is 0 Å². The molecule has 2 heteroatoms. The Hall–Kier alpha value is -0.250. The molecule has 1 aromatic carbocycles. The number of hydrogen-bond acceptors (Lipinski definition) is 1. The van der Waals surface area contributed by atoms with Gasteiger partial charge in [0.05, 0.1) is 0 Å². The second kappa shape index (κ2) is 5.59. The van der Waals surface area contributed by atoms with Crippen molar-refractivity contribution in [1.82, 2.24) is 0 Å². The molecule has 0 bridgehead atoms. The Morgan fingerprint density at radius 2 is 1.79 bits per heavy atom. The summed E-state index contributed by atoms with van der Waals surface area (Å²) in [5.74, 6) is 0.680. The Morgan fingerprint density at radius 3 is 2.21 bits per heavy atom. The van der Waals surface area contributed by atoms with Gasteiger partial charge in [0.15, 0.2) is 0 Å². The van der Waals surface area contributed by atoms with Crippen LogP contribution in [0.5, 0.6) is 0 Å². The highest BCUT2D eigenvalue weighted by Crippen LogP contribution is 2.16. The second-order valence-corrected chi connectivity index (χ2v) is 5.16. The fourth-order valence-corrected chi connectivity index (χ4v) is 1.86. The van der Waals surface area contributed by atoms with Gasteiger partial charge in [0.25, 0.3) is 0 Å². The third-order valence-electron chi connectivity index (χ3n) is 2.44. The van der Waals surface area contributed by atoms with Crippen LogP contribution in [0.1, 0.15) is 27.2 Å². The maximum absolute atomic E-state index is 3.55. The van der Waals surface area contributed by atoms with Gasteiger partial charge in [-0.3, -0.25) is 0 Å². The fraction of sp³-hybridized carbons (Fsp3) is 0.500. The molecule has 0 saturated carbocycles. The van der Waals surface area contributed by atoms with Gasteiger partial charge in [-0.1, -0.05) is 20.8 Å². The number of rotatable bonds is 4. The van der Waals surface area contributed by atoms with Crippen molar-refractivity contribution in [2.24, 2.45) is 5.92 Å². The van der Waals surface area contributed by atoms with Gasteiger partial charge in [-0.2, -0.15) is 0 Å². The molecular formula is C12H18IN. The van der Waals surface area contributed by atoms with Crippen molar-refractivity contribution in [3.8, 4) is 0 Å². The standard InChI is InChI=1S/C12H18IN/c1-4-12(9(2)3)14-11-7-5-10(13)6-8-11/h5-9,12,14H,4H2,1-3H3. The molecule has 0 aliphatic heterocycles. The molecule has 1 aromatic rings. The molecule has 0 heterocycles. The molecule has 0 aliphatic carbocycles. The van der Waals surface area contributed by atoms with E-state index >= 15 is 0 Å². The minimum absolute atomic E-state index is 0.579. The van der Waals surface area contributed by atoms with Crippen LogP contribution >= 0.6 is 22.6 Å². The van der Waals surface area contributed by atoms with Crippen LogP contribution in [0.15, 0.2) is 24.3 Å². The first kappa shape index (κ1) is 11.8. The van der Waals surface area contributed by atoms with Crippen LogP contribution in [0.25, 0.3) is 0 Å². The maximum Gasteiger partial charge on any atom is 0.0343 e. The lowest BCUT2D eigenvalue weighted by atomic mass is 10.0. The van der Waals surface area contributed by atoms with Crippen LogP contribution < -0.4 is 5.32 Å². The Kier molecular flexibility index (Phi) is 4.72.